The van der Waals surface area contributed by atoms with E-state index in [0.29, 0.717) is 0 Å². The third-order valence-electron chi connectivity index (χ3n) is 2.66. The van der Waals surface area contributed by atoms with Crippen LogP contribution in [0.15, 0.2) is 46.5 Å². The number of benzene rings is 1. The van der Waals surface area contributed by atoms with E-state index in [1.54, 1.807) is 6.08 Å². The monoisotopic (exact) mass is 258 g/mol. The highest BCUT2D eigenvalue weighted by Gasteiger charge is 2.25. The molecule has 0 aromatic heterocycles. The van der Waals surface area contributed by atoms with E-state index in [1.165, 1.54) is 0 Å². The minimum Gasteiger partial charge on any atom is -0.289 e. The number of halogens is 1. The summed E-state index contributed by atoms with van der Waals surface area (Å²) in [6.45, 7) is 0. The van der Waals surface area contributed by atoms with Crippen molar-refractivity contribution in [3.63, 3.8) is 0 Å². The second-order valence-corrected chi connectivity index (χ2v) is 4.51. The summed E-state index contributed by atoms with van der Waals surface area (Å²) >= 11 is 3.35. The Bertz CT molecular complexity index is 562. The molecule has 0 radical (unpaired) electrons. The van der Waals surface area contributed by atoms with Crippen molar-refractivity contribution in [1.29, 1.82) is 0 Å². The van der Waals surface area contributed by atoms with Gasteiger partial charge < -0.3 is 0 Å². The number of allylic oxidation sites excluding steroid dienone is 5. The maximum Gasteiger partial charge on any atom is 0.187 e. The molecule has 0 saturated heterocycles. The highest BCUT2D eigenvalue weighted by atomic mass is 79.9. The van der Waals surface area contributed by atoms with Crippen LogP contribution in [0, 0.1) is 0 Å². The average molecular weight is 259 g/mol. The fraction of sp³-hybridized carbons (Fsp3) is 0. The predicted octanol–water partition coefficient (Wildman–Crippen LogP) is 3.33. The maximum absolute atomic E-state index is 11.7. The number of hydrogen-bond acceptors (Lipinski definition) is 1. The van der Waals surface area contributed by atoms with Crippen molar-refractivity contribution in [3.8, 4) is 0 Å². The predicted molar refractivity (Wildman–Crippen MR) is 64.4 cm³/mol. The Labute approximate surface area is 95.9 Å². The van der Waals surface area contributed by atoms with Crippen molar-refractivity contribution in [3.05, 3.63) is 57.6 Å². The van der Waals surface area contributed by atoms with Gasteiger partial charge in [0.05, 0.1) is 0 Å². The number of ketones is 1. The normalized spacial score (nSPS) is 17.7. The van der Waals surface area contributed by atoms with E-state index < -0.39 is 0 Å². The Balaban J connectivity index is 2.28. The Morgan fingerprint density at radius 3 is 2.60 bits per heavy atom. The Morgan fingerprint density at radius 2 is 1.73 bits per heavy atom. The van der Waals surface area contributed by atoms with Gasteiger partial charge in [0, 0.05) is 16.1 Å². The van der Waals surface area contributed by atoms with Crippen LogP contribution in [0.5, 0.6) is 0 Å². The minimum atomic E-state index is 0.0792. The van der Waals surface area contributed by atoms with Gasteiger partial charge in [0.15, 0.2) is 5.78 Å². The summed E-state index contributed by atoms with van der Waals surface area (Å²) in [7, 11) is 0. The van der Waals surface area contributed by atoms with Crippen LogP contribution in [0.2, 0.25) is 0 Å². The zero-order chi connectivity index (χ0) is 10.4. The second kappa shape index (κ2) is 3.04. The first-order chi connectivity index (χ1) is 7.25. The first-order valence-electron chi connectivity index (χ1n) is 4.70. The molecule has 0 fully saturated rings. The number of carbonyl (C=O) groups is 1. The summed E-state index contributed by atoms with van der Waals surface area (Å²) in [4.78, 5) is 11.7. The van der Waals surface area contributed by atoms with Gasteiger partial charge in [0.25, 0.3) is 0 Å². The molecular weight excluding hydrogens is 252 g/mol. The molecule has 1 aromatic carbocycles. The van der Waals surface area contributed by atoms with Crippen LogP contribution in [0.25, 0.3) is 11.6 Å². The van der Waals surface area contributed by atoms with Gasteiger partial charge in [0.2, 0.25) is 0 Å². The van der Waals surface area contributed by atoms with Gasteiger partial charge in [-0.1, -0.05) is 40.2 Å². The average Bonchev–Trinajstić information content (AvgIpc) is 2.57. The Hall–Kier alpha value is -1.41. The molecule has 72 valence electrons. The van der Waals surface area contributed by atoms with Crippen LogP contribution < -0.4 is 0 Å². The number of carbonyl (C=O) groups excluding carboxylic acids is 1. The molecule has 2 aliphatic carbocycles. The first-order valence-corrected chi connectivity index (χ1v) is 5.50. The molecule has 3 rings (SSSR count). The second-order valence-electron chi connectivity index (χ2n) is 3.60. The number of fused-ring (bicyclic) bond motifs is 3. The highest BCUT2D eigenvalue weighted by molar-refractivity contribution is 9.11. The van der Waals surface area contributed by atoms with Crippen LogP contribution in [-0.4, -0.2) is 5.78 Å². The van der Waals surface area contributed by atoms with E-state index in [2.05, 4.69) is 15.9 Å². The smallest absolute Gasteiger partial charge is 0.187 e. The van der Waals surface area contributed by atoms with Gasteiger partial charge in [-0.25, -0.2) is 0 Å². The van der Waals surface area contributed by atoms with Crippen molar-refractivity contribution in [1.82, 2.24) is 0 Å². The Morgan fingerprint density at radius 1 is 0.933 bits per heavy atom. The largest absolute Gasteiger partial charge is 0.289 e. The lowest BCUT2D eigenvalue weighted by molar-refractivity contribution is -0.110. The first kappa shape index (κ1) is 8.86. The Kier molecular flexibility index (Phi) is 1.80. The van der Waals surface area contributed by atoms with E-state index in [-0.39, 0.29) is 5.78 Å². The van der Waals surface area contributed by atoms with Gasteiger partial charge in [-0.15, -0.1) is 0 Å². The maximum atomic E-state index is 11.7. The van der Waals surface area contributed by atoms with Gasteiger partial charge in [-0.2, -0.15) is 0 Å². The summed E-state index contributed by atoms with van der Waals surface area (Å²) < 4.78 is 0.844. The van der Waals surface area contributed by atoms with Crippen LogP contribution in [0.4, 0.5) is 0 Å². The van der Waals surface area contributed by atoms with Crippen molar-refractivity contribution in [2.24, 2.45) is 0 Å². The van der Waals surface area contributed by atoms with E-state index in [1.807, 2.05) is 36.4 Å². The molecule has 0 atom stereocenters. The topological polar surface area (TPSA) is 17.1 Å². The fourth-order valence-electron chi connectivity index (χ4n) is 1.99. The zero-order valence-electron chi connectivity index (χ0n) is 7.83. The zero-order valence-corrected chi connectivity index (χ0v) is 9.41. The number of hydrogen-bond donors (Lipinski definition) is 0. The third kappa shape index (κ3) is 1.25. The minimum absolute atomic E-state index is 0.0792. The highest BCUT2D eigenvalue weighted by Crippen LogP contribution is 2.39. The van der Waals surface area contributed by atoms with Crippen molar-refractivity contribution >= 4 is 33.4 Å². The summed E-state index contributed by atoms with van der Waals surface area (Å²) in [5, 5.41) is 0. The number of rotatable bonds is 0. The molecule has 0 heterocycles. The third-order valence-corrected chi connectivity index (χ3v) is 3.12. The van der Waals surface area contributed by atoms with Crippen LogP contribution in [0.3, 0.4) is 0 Å². The molecule has 15 heavy (non-hydrogen) atoms. The summed E-state index contributed by atoms with van der Waals surface area (Å²) in [5.41, 5.74) is 4.11. The molecular formula is C13H7BrO. The molecule has 0 N–H and O–H groups in total. The van der Waals surface area contributed by atoms with E-state index >= 15 is 0 Å². The standard InChI is InChI=1S/C13H7BrO/c14-9-6-11-10-4-2-1-3-8(10)5-12(11)13(15)7-9/h1-7H. The molecule has 0 amide bonds. The van der Waals surface area contributed by atoms with E-state index in [9.17, 15) is 4.79 Å². The van der Waals surface area contributed by atoms with Gasteiger partial charge >= 0.3 is 0 Å². The summed E-state index contributed by atoms with van der Waals surface area (Å²) in [6.07, 6.45) is 5.57. The van der Waals surface area contributed by atoms with Gasteiger partial charge in [-0.05, 0) is 28.9 Å². The van der Waals surface area contributed by atoms with Crippen LogP contribution >= 0.6 is 15.9 Å². The van der Waals surface area contributed by atoms with E-state index in [0.717, 1.165) is 26.8 Å². The van der Waals surface area contributed by atoms with Crippen molar-refractivity contribution in [2.45, 2.75) is 0 Å². The lowest BCUT2D eigenvalue weighted by Crippen LogP contribution is -2.02. The van der Waals surface area contributed by atoms with Gasteiger partial charge in [-0.3, -0.25) is 4.79 Å². The summed E-state index contributed by atoms with van der Waals surface area (Å²) in [5.74, 6) is 0.0792. The molecule has 1 nitrogen and oxygen atoms in total. The van der Waals surface area contributed by atoms with Crippen molar-refractivity contribution < 1.29 is 4.79 Å². The molecule has 0 aliphatic heterocycles. The molecule has 2 aliphatic rings. The van der Waals surface area contributed by atoms with Crippen LogP contribution in [0.1, 0.15) is 11.1 Å². The SMILES string of the molecule is O=C1C=C(Br)C=C2C1=Cc1ccccc12. The lowest BCUT2D eigenvalue weighted by atomic mass is 9.96. The molecule has 0 saturated carbocycles. The molecule has 0 spiro atoms. The molecule has 0 unspecified atom stereocenters. The molecule has 1 aromatic rings. The van der Waals surface area contributed by atoms with Crippen molar-refractivity contribution in [2.75, 3.05) is 0 Å². The molecule has 2 heteroatoms. The van der Waals surface area contributed by atoms with Gasteiger partial charge in [0.1, 0.15) is 0 Å². The summed E-state index contributed by atoms with van der Waals surface area (Å²) in [6, 6.07) is 8.06. The quantitative estimate of drug-likeness (QED) is 0.698. The molecule has 0 bridgehead atoms. The van der Waals surface area contributed by atoms with E-state index in [4.69, 9.17) is 0 Å². The fourth-order valence-corrected chi connectivity index (χ4v) is 2.43. The van der Waals surface area contributed by atoms with Crippen LogP contribution in [-0.2, 0) is 4.79 Å². The lowest BCUT2D eigenvalue weighted by Gasteiger charge is -2.09.